The fraction of sp³-hybridized carbons (Fsp3) is 0.750. The van der Waals surface area contributed by atoms with Gasteiger partial charge in [0.15, 0.2) is 0 Å². The second-order valence-electron chi connectivity index (χ2n) is 8.46. The molecule has 0 radical (unpaired) electrons. The number of rotatable bonds is 13. The van der Waals surface area contributed by atoms with E-state index in [2.05, 4.69) is 79.8 Å². The summed E-state index contributed by atoms with van der Waals surface area (Å²) in [4.78, 5) is 2.09. The monoisotopic (exact) mass is 347 g/mol. The summed E-state index contributed by atoms with van der Waals surface area (Å²) >= 11 is 0. The van der Waals surface area contributed by atoms with Crippen molar-refractivity contribution in [2.24, 2.45) is 23.7 Å². The lowest BCUT2D eigenvalue weighted by Gasteiger charge is -2.23. The lowest BCUT2D eigenvalue weighted by Crippen LogP contribution is -2.13. The molecule has 0 rings (SSSR count). The Bertz CT molecular complexity index is 429. The van der Waals surface area contributed by atoms with Crippen LogP contribution in [0, 0.1) is 23.7 Å². The molecule has 0 aliphatic rings. The second kappa shape index (κ2) is 12.4. The normalized spacial score (nSPS) is 16.9. The van der Waals surface area contributed by atoms with Crippen LogP contribution in [0.2, 0.25) is 0 Å². The molecule has 146 valence electrons. The Kier molecular flexibility index (Phi) is 11.9. The third-order valence-corrected chi connectivity index (χ3v) is 6.12. The van der Waals surface area contributed by atoms with Crippen LogP contribution in [0.3, 0.4) is 0 Å². The van der Waals surface area contributed by atoms with E-state index in [-0.39, 0.29) is 0 Å². The third-order valence-electron chi connectivity index (χ3n) is 6.12. The van der Waals surface area contributed by atoms with Gasteiger partial charge in [0.2, 0.25) is 0 Å². The topological polar surface area (TPSA) is 3.24 Å². The van der Waals surface area contributed by atoms with E-state index in [1.165, 1.54) is 43.3 Å². The van der Waals surface area contributed by atoms with E-state index in [4.69, 9.17) is 0 Å². The van der Waals surface area contributed by atoms with Crippen molar-refractivity contribution in [3.8, 4) is 0 Å². The Morgan fingerprint density at radius 2 is 1.40 bits per heavy atom. The summed E-state index contributed by atoms with van der Waals surface area (Å²) < 4.78 is 0. The van der Waals surface area contributed by atoms with E-state index < -0.39 is 0 Å². The van der Waals surface area contributed by atoms with Gasteiger partial charge in [-0.2, -0.15) is 0 Å². The van der Waals surface area contributed by atoms with Crippen LogP contribution in [0.15, 0.2) is 36.1 Å². The Morgan fingerprint density at radius 3 is 1.84 bits per heavy atom. The van der Waals surface area contributed by atoms with Crippen molar-refractivity contribution in [2.75, 3.05) is 14.1 Å². The van der Waals surface area contributed by atoms with E-state index in [0.29, 0.717) is 5.92 Å². The Balaban J connectivity index is 4.50. The molecular weight excluding hydrogens is 302 g/mol. The molecule has 0 aliphatic carbocycles. The summed E-state index contributed by atoms with van der Waals surface area (Å²) in [6, 6.07) is 0. The summed E-state index contributed by atoms with van der Waals surface area (Å²) in [6.45, 7) is 22.6. The first-order valence-electron chi connectivity index (χ1n) is 10.4. The highest BCUT2D eigenvalue weighted by molar-refractivity contribution is 5.34. The summed E-state index contributed by atoms with van der Waals surface area (Å²) in [5.41, 5.74) is 3.65. The minimum atomic E-state index is 0.542. The van der Waals surface area contributed by atoms with Gasteiger partial charge in [-0.1, -0.05) is 85.6 Å². The number of hydrogen-bond donors (Lipinski definition) is 0. The van der Waals surface area contributed by atoms with Gasteiger partial charge in [0.05, 0.1) is 0 Å². The van der Waals surface area contributed by atoms with E-state index >= 15 is 0 Å². The molecule has 0 amide bonds. The molecule has 0 spiro atoms. The maximum absolute atomic E-state index is 4.34. The molecule has 0 aromatic heterocycles. The van der Waals surface area contributed by atoms with Gasteiger partial charge in [-0.05, 0) is 48.5 Å². The molecule has 0 saturated carbocycles. The van der Waals surface area contributed by atoms with Crippen molar-refractivity contribution in [3.05, 3.63) is 36.1 Å². The second-order valence-corrected chi connectivity index (χ2v) is 8.46. The average Bonchev–Trinajstić information content (AvgIpc) is 2.60. The highest BCUT2D eigenvalue weighted by Crippen LogP contribution is 2.28. The zero-order chi connectivity index (χ0) is 19.6. The Hall–Kier alpha value is -0.980. The van der Waals surface area contributed by atoms with Gasteiger partial charge in [0.1, 0.15) is 0 Å². The highest BCUT2D eigenvalue weighted by atomic mass is 15.1. The van der Waals surface area contributed by atoms with Gasteiger partial charge >= 0.3 is 0 Å². The molecule has 0 fully saturated rings. The lowest BCUT2D eigenvalue weighted by molar-refractivity contribution is 0.301. The van der Waals surface area contributed by atoms with Crippen LogP contribution in [0.4, 0.5) is 0 Å². The third kappa shape index (κ3) is 9.33. The standard InChI is InChI=1S/C24H45N/c1-11-18(3)13-14-19(4)20(5)15-16-21(6)22(7)17-24(12-2)23(8)25(9)10/h17-21H,7-8,11-16H2,1-6,9-10H3/b24-17-. The quantitative estimate of drug-likeness (QED) is 0.312. The van der Waals surface area contributed by atoms with Gasteiger partial charge in [-0.25, -0.2) is 0 Å². The predicted octanol–water partition coefficient (Wildman–Crippen LogP) is 7.47. The van der Waals surface area contributed by atoms with Crippen molar-refractivity contribution in [1.82, 2.24) is 4.90 Å². The van der Waals surface area contributed by atoms with Crippen molar-refractivity contribution in [3.63, 3.8) is 0 Å². The smallest absolute Gasteiger partial charge is 0.0320 e. The van der Waals surface area contributed by atoms with Gasteiger partial charge in [-0.3, -0.25) is 0 Å². The predicted molar refractivity (Wildman–Crippen MR) is 116 cm³/mol. The number of likely N-dealkylation sites (N-methyl/N-ethyl adjacent to an activating group) is 1. The van der Waals surface area contributed by atoms with Crippen LogP contribution in [-0.4, -0.2) is 19.0 Å². The van der Waals surface area contributed by atoms with Crippen LogP contribution in [0.1, 0.15) is 80.1 Å². The Morgan fingerprint density at radius 1 is 0.880 bits per heavy atom. The van der Waals surface area contributed by atoms with Crippen LogP contribution in [0.25, 0.3) is 0 Å². The molecule has 0 saturated heterocycles. The van der Waals surface area contributed by atoms with Gasteiger partial charge < -0.3 is 4.90 Å². The molecule has 25 heavy (non-hydrogen) atoms. The fourth-order valence-corrected chi connectivity index (χ4v) is 3.06. The zero-order valence-corrected chi connectivity index (χ0v) is 18.5. The van der Waals surface area contributed by atoms with E-state index in [0.717, 1.165) is 29.9 Å². The van der Waals surface area contributed by atoms with Crippen LogP contribution >= 0.6 is 0 Å². The van der Waals surface area contributed by atoms with E-state index in [1.807, 2.05) is 0 Å². The van der Waals surface area contributed by atoms with Crippen LogP contribution in [-0.2, 0) is 0 Å². The zero-order valence-electron chi connectivity index (χ0n) is 18.5. The van der Waals surface area contributed by atoms with Gasteiger partial charge in [-0.15, -0.1) is 0 Å². The largest absolute Gasteiger partial charge is 0.378 e. The first kappa shape index (κ1) is 24.0. The van der Waals surface area contributed by atoms with Crippen LogP contribution < -0.4 is 0 Å². The summed E-state index contributed by atoms with van der Waals surface area (Å²) in [5.74, 6) is 3.03. The maximum Gasteiger partial charge on any atom is 0.0320 e. The summed E-state index contributed by atoms with van der Waals surface area (Å²) in [5, 5.41) is 0. The lowest BCUT2D eigenvalue weighted by atomic mass is 9.83. The minimum absolute atomic E-state index is 0.542. The van der Waals surface area contributed by atoms with Gasteiger partial charge in [0.25, 0.3) is 0 Å². The minimum Gasteiger partial charge on any atom is -0.378 e. The summed E-state index contributed by atoms with van der Waals surface area (Å²) in [6.07, 6.45) is 9.85. The first-order chi connectivity index (χ1) is 11.6. The van der Waals surface area contributed by atoms with E-state index in [1.54, 1.807) is 0 Å². The molecule has 4 atom stereocenters. The number of nitrogens with zero attached hydrogens (tertiary/aromatic N) is 1. The molecule has 4 unspecified atom stereocenters. The fourth-order valence-electron chi connectivity index (χ4n) is 3.06. The number of allylic oxidation sites excluding steroid dienone is 3. The Labute approximate surface area is 159 Å². The van der Waals surface area contributed by atoms with Gasteiger partial charge in [0, 0.05) is 19.8 Å². The number of hydrogen-bond acceptors (Lipinski definition) is 1. The molecule has 0 heterocycles. The molecule has 1 heteroatoms. The maximum atomic E-state index is 4.34. The molecule has 0 N–H and O–H groups in total. The van der Waals surface area contributed by atoms with E-state index in [9.17, 15) is 0 Å². The van der Waals surface area contributed by atoms with Crippen LogP contribution in [0.5, 0.6) is 0 Å². The highest BCUT2D eigenvalue weighted by Gasteiger charge is 2.16. The average molecular weight is 348 g/mol. The molecule has 1 nitrogen and oxygen atoms in total. The first-order valence-corrected chi connectivity index (χ1v) is 10.4. The van der Waals surface area contributed by atoms with Crippen molar-refractivity contribution < 1.29 is 0 Å². The van der Waals surface area contributed by atoms with Crippen molar-refractivity contribution >= 4 is 0 Å². The molecule has 0 aliphatic heterocycles. The molecule has 0 aromatic carbocycles. The molecule has 0 aromatic rings. The molecule has 0 bridgehead atoms. The van der Waals surface area contributed by atoms with Crippen molar-refractivity contribution in [2.45, 2.75) is 80.1 Å². The van der Waals surface area contributed by atoms with Crippen molar-refractivity contribution in [1.29, 1.82) is 0 Å². The molecular formula is C24H45N. The SMILES string of the molecule is C=C(/C=C(/CC)C(=C)N(C)C)C(C)CCC(C)C(C)CCC(C)CC. The summed E-state index contributed by atoms with van der Waals surface area (Å²) in [7, 11) is 4.11.